The van der Waals surface area contributed by atoms with Crippen LogP contribution in [0.5, 0.6) is 0 Å². The molecule has 4 rings (SSSR count). The highest BCUT2D eigenvalue weighted by Crippen LogP contribution is 2.47. The van der Waals surface area contributed by atoms with Gasteiger partial charge in [0.2, 0.25) is 11.8 Å². The second-order valence-electron chi connectivity index (χ2n) is 7.20. The number of non-ortho nitro benzene ring substituents is 1. The predicted octanol–water partition coefficient (Wildman–Crippen LogP) is 0.948. The lowest BCUT2D eigenvalue weighted by Gasteiger charge is -2.55. The molecule has 2 amide bonds. The lowest BCUT2D eigenvalue weighted by molar-refractivity contribution is -0.384. The summed E-state index contributed by atoms with van der Waals surface area (Å²) in [4.78, 5) is 42.6. The fourth-order valence-electron chi connectivity index (χ4n) is 4.53. The Kier molecular flexibility index (Phi) is 4.35. The second-order valence-corrected chi connectivity index (χ2v) is 7.56. The summed E-state index contributed by atoms with van der Waals surface area (Å²) in [5.41, 5.74) is -0.0572. The number of hydrogen-bond donors (Lipinski definition) is 0. The zero-order valence-corrected chi connectivity index (χ0v) is 16.4. The number of rotatable bonds is 2. The molecule has 3 aliphatic heterocycles. The Morgan fingerprint density at radius 2 is 2.11 bits per heavy atom. The van der Waals surface area contributed by atoms with Crippen LogP contribution in [0.2, 0.25) is 0 Å². The van der Waals surface area contributed by atoms with Gasteiger partial charge in [-0.25, -0.2) is 0 Å². The van der Waals surface area contributed by atoms with E-state index in [0.29, 0.717) is 25.3 Å². The van der Waals surface area contributed by atoms with Crippen LogP contribution in [0.3, 0.4) is 0 Å². The van der Waals surface area contributed by atoms with E-state index in [2.05, 4.69) is 0 Å². The minimum Gasteiger partial charge on any atom is -0.377 e. The topological polar surface area (TPSA) is 96.2 Å². The highest BCUT2D eigenvalue weighted by molar-refractivity contribution is 7.80. The molecule has 2 atom stereocenters. The minimum atomic E-state index is -1.42. The molecule has 0 saturated carbocycles. The van der Waals surface area contributed by atoms with Gasteiger partial charge >= 0.3 is 0 Å². The number of hydrogen-bond acceptors (Lipinski definition) is 7. The lowest BCUT2D eigenvalue weighted by atomic mass is 9.68. The fourth-order valence-corrected chi connectivity index (χ4v) is 4.82. The molecule has 0 aliphatic carbocycles. The third-order valence-corrected chi connectivity index (χ3v) is 6.39. The van der Waals surface area contributed by atoms with Crippen molar-refractivity contribution in [2.45, 2.75) is 19.4 Å². The van der Waals surface area contributed by atoms with E-state index in [9.17, 15) is 19.7 Å². The predicted molar refractivity (Wildman–Crippen MR) is 104 cm³/mol. The van der Waals surface area contributed by atoms with Gasteiger partial charge in [0.25, 0.3) is 5.69 Å². The van der Waals surface area contributed by atoms with Crippen molar-refractivity contribution >= 4 is 40.5 Å². The zero-order valence-electron chi connectivity index (χ0n) is 15.6. The summed E-state index contributed by atoms with van der Waals surface area (Å²) in [6.45, 7) is 3.33. The maximum absolute atomic E-state index is 13.6. The van der Waals surface area contributed by atoms with Gasteiger partial charge in [-0.1, -0.05) is 0 Å². The smallest absolute Gasteiger partial charge is 0.269 e. The first-order valence-corrected chi connectivity index (χ1v) is 9.49. The standard InChI is InChI=1S/C18H20N4O5S/c1-3-20-16(24)18(15(23)19(2)17(20)28)9-11-8-12(22(25)26)4-5-13(11)21-6-7-27-10-14(18)21/h4-5,8,14H,3,6-7,9-10H2,1-2H3/t14-,18+/m1/s1. The van der Waals surface area contributed by atoms with Crippen LogP contribution in [-0.4, -0.2) is 71.0 Å². The van der Waals surface area contributed by atoms with Gasteiger partial charge in [-0.15, -0.1) is 0 Å². The molecule has 1 aromatic carbocycles. The number of nitro groups is 1. The number of amides is 2. The number of anilines is 1. The molecule has 10 heteroatoms. The van der Waals surface area contributed by atoms with E-state index in [0.717, 1.165) is 5.69 Å². The molecule has 0 bridgehead atoms. The third-order valence-electron chi connectivity index (χ3n) is 5.90. The van der Waals surface area contributed by atoms with E-state index in [-0.39, 0.29) is 35.6 Å². The van der Waals surface area contributed by atoms with E-state index >= 15 is 0 Å². The molecule has 1 spiro atoms. The summed E-state index contributed by atoms with van der Waals surface area (Å²) in [5.74, 6) is -0.745. The summed E-state index contributed by atoms with van der Waals surface area (Å²) in [7, 11) is 1.57. The Labute approximate surface area is 167 Å². The maximum atomic E-state index is 13.6. The molecule has 0 N–H and O–H groups in total. The van der Waals surface area contributed by atoms with E-state index in [1.54, 1.807) is 20.0 Å². The van der Waals surface area contributed by atoms with Gasteiger partial charge in [-0.2, -0.15) is 0 Å². The van der Waals surface area contributed by atoms with Crippen molar-refractivity contribution in [3.63, 3.8) is 0 Å². The Balaban J connectivity index is 1.92. The number of thiocarbonyl (C=S) groups is 1. The van der Waals surface area contributed by atoms with Gasteiger partial charge < -0.3 is 9.64 Å². The van der Waals surface area contributed by atoms with Crippen molar-refractivity contribution < 1.29 is 19.2 Å². The van der Waals surface area contributed by atoms with Crippen LogP contribution in [0.15, 0.2) is 18.2 Å². The number of carbonyl (C=O) groups is 2. The van der Waals surface area contributed by atoms with Gasteiger partial charge in [-0.3, -0.25) is 29.5 Å². The third kappa shape index (κ3) is 2.37. The first-order valence-electron chi connectivity index (χ1n) is 9.08. The fraction of sp³-hybridized carbons (Fsp3) is 0.500. The summed E-state index contributed by atoms with van der Waals surface area (Å²) >= 11 is 5.31. The van der Waals surface area contributed by atoms with E-state index < -0.39 is 16.4 Å². The number of carbonyl (C=O) groups excluding carboxylic acids is 2. The number of nitrogens with zero attached hydrogens (tertiary/aromatic N) is 4. The molecule has 2 saturated heterocycles. The van der Waals surface area contributed by atoms with Crippen molar-refractivity contribution in [1.29, 1.82) is 0 Å². The van der Waals surface area contributed by atoms with Crippen molar-refractivity contribution in [2.75, 3.05) is 38.3 Å². The van der Waals surface area contributed by atoms with Crippen LogP contribution in [-0.2, 0) is 20.7 Å². The van der Waals surface area contributed by atoms with Crippen LogP contribution < -0.4 is 4.90 Å². The van der Waals surface area contributed by atoms with Crippen molar-refractivity contribution in [1.82, 2.24) is 9.80 Å². The zero-order chi connectivity index (χ0) is 20.2. The number of fused-ring (bicyclic) bond motifs is 4. The molecular formula is C18H20N4O5S. The largest absolute Gasteiger partial charge is 0.377 e. The van der Waals surface area contributed by atoms with Gasteiger partial charge in [0.15, 0.2) is 10.5 Å². The molecule has 0 unspecified atom stereocenters. The molecule has 3 heterocycles. The van der Waals surface area contributed by atoms with Crippen LogP contribution in [0.25, 0.3) is 0 Å². The average molecular weight is 404 g/mol. The number of benzene rings is 1. The Bertz CT molecular complexity index is 906. The Hall–Kier alpha value is -2.59. The van der Waals surface area contributed by atoms with Crippen LogP contribution >= 0.6 is 12.2 Å². The van der Waals surface area contributed by atoms with Crippen LogP contribution in [0, 0.1) is 15.5 Å². The normalized spacial score (nSPS) is 27.1. The molecule has 0 aromatic heterocycles. The van der Waals surface area contributed by atoms with Crippen molar-refractivity contribution in [3.05, 3.63) is 33.9 Å². The molecule has 3 aliphatic rings. The maximum Gasteiger partial charge on any atom is 0.269 e. The Morgan fingerprint density at radius 3 is 2.79 bits per heavy atom. The van der Waals surface area contributed by atoms with Crippen LogP contribution in [0.1, 0.15) is 12.5 Å². The second kappa shape index (κ2) is 6.49. The summed E-state index contributed by atoms with van der Waals surface area (Å²) in [6.07, 6.45) is 0.0790. The lowest BCUT2D eigenvalue weighted by Crippen LogP contribution is -2.73. The molecule has 9 nitrogen and oxygen atoms in total. The molecular weight excluding hydrogens is 384 g/mol. The Morgan fingerprint density at radius 1 is 1.36 bits per heavy atom. The van der Waals surface area contributed by atoms with Gasteiger partial charge in [0.05, 0.1) is 24.2 Å². The number of ether oxygens (including phenoxy) is 1. The summed E-state index contributed by atoms with van der Waals surface area (Å²) in [6, 6.07) is 4.12. The van der Waals surface area contributed by atoms with Gasteiger partial charge in [0.1, 0.15) is 0 Å². The first-order chi connectivity index (χ1) is 13.3. The quantitative estimate of drug-likeness (QED) is 0.313. The van der Waals surface area contributed by atoms with E-state index in [1.807, 2.05) is 4.90 Å². The SMILES string of the molecule is CCN1C(=O)[C@]2(Cc3cc([N+](=O)[O-])ccc3N3CCOC[C@@H]32)C(=O)N(C)C1=S. The molecule has 148 valence electrons. The molecule has 2 fully saturated rings. The molecule has 1 aromatic rings. The summed E-state index contributed by atoms with van der Waals surface area (Å²) < 4.78 is 5.65. The van der Waals surface area contributed by atoms with Crippen molar-refractivity contribution in [2.24, 2.45) is 5.41 Å². The number of nitro benzene ring substituents is 1. The first kappa shape index (κ1) is 18.8. The highest BCUT2D eigenvalue weighted by atomic mass is 32.1. The van der Waals surface area contributed by atoms with Gasteiger partial charge in [0, 0.05) is 44.4 Å². The van der Waals surface area contributed by atoms with E-state index in [4.69, 9.17) is 17.0 Å². The van der Waals surface area contributed by atoms with E-state index in [1.165, 1.54) is 21.9 Å². The molecule has 0 radical (unpaired) electrons. The highest BCUT2D eigenvalue weighted by Gasteiger charge is 2.63. The monoisotopic (exact) mass is 404 g/mol. The number of morpholine rings is 1. The van der Waals surface area contributed by atoms with Crippen LogP contribution in [0.4, 0.5) is 11.4 Å². The van der Waals surface area contributed by atoms with Crippen molar-refractivity contribution in [3.8, 4) is 0 Å². The summed E-state index contributed by atoms with van der Waals surface area (Å²) in [5, 5.41) is 11.4. The molecule has 28 heavy (non-hydrogen) atoms. The average Bonchev–Trinajstić information content (AvgIpc) is 2.70. The van der Waals surface area contributed by atoms with Gasteiger partial charge in [-0.05, 0) is 30.8 Å². The minimum absolute atomic E-state index is 0.0625.